The van der Waals surface area contributed by atoms with Gasteiger partial charge in [-0.2, -0.15) is 0 Å². The molecular weight excluding hydrogens is 366 g/mol. The van der Waals surface area contributed by atoms with E-state index in [1.165, 1.54) is 18.9 Å². The molecule has 1 N–H and O–H groups in total. The zero-order valence-corrected chi connectivity index (χ0v) is 16.6. The summed E-state index contributed by atoms with van der Waals surface area (Å²) in [5, 5.41) is 3.63. The first-order chi connectivity index (χ1) is 14.1. The van der Waals surface area contributed by atoms with Crippen molar-refractivity contribution in [2.24, 2.45) is 7.05 Å². The molecule has 6 heteroatoms. The fourth-order valence-corrected chi connectivity index (χ4v) is 3.76. The molecule has 1 aliphatic rings. The molecule has 0 aliphatic carbocycles. The number of nitrogens with one attached hydrogen (secondary N) is 1. The summed E-state index contributed by atoms with van der Waals surface area (Å²) in [4.78, 5) is 27.5. The van der Waals surface area contributed by atoms with Crippen LogP contribution in [0.3, 0.4) is 0 Å². The van der Waals surface area contributed by atoms with Gasteiger partial charge in [0.05, 0.1) is 11.1 Å². The first-order valence-corrected chi connectivity index (χ1v) is 9.97. The van der Waals surface area contributed by atoms with Gasteiger partial charge in [-0.05, 0) is 44.1 Å². The third-order valence-corrected chi connectivity index (χ3v) is 5.37. The van der Waals surface area contributed by atoms with E-state index in [4.69, 9.17) is 4.74 Å². The molecular formula is C23H25N3O3. The molecule has 1 saturated heterocycles. The van der Waals surface area contributed by atoms with Gasteiger partial charge in [-0.25, -0.2) is 0 Å². The molecule has 6 nitrogen and oxygen atoms in total. The molecule has 2 heterocycles. The third-order valence-electron chi connectivity index (χ3n) is 5.37. The molecule has 1 amide bonds. The smallest absolute Gasteiger partial charge is 0.256 e. The molecule has 1 aliphatic heterocycles. The number of carbonyl (C=O) groups is 1. The van der Waals surface area contributed by atoms with Crippen molar-refractivity contribution >= 4 is 22.5 Å². The van der Waals surface area contributed by atoms with E-state index in [1.54, 1.807) is 11.6 Å². The standard InChI is InChI=1S/C23H25N3O3/c1-25-21-10-3-2-9-19(21)20(16-22(25)27)23(28)24-17-7-6-8-18(15-17)29-14-13-26-11-4-5-12-26/h2-3,6-10,15-16H,4-5,11-14H2,1H3,(H,24,28). The number of ether oxygens (including phenoxy) is 1. The summed E-state index contributed by atoms with van der Waals surface area (Å²) in [5.74, 6) is 0.406. The minimum atomic E-state index is -0.312. The lowest BCUT2D eigenvalue weighted by Gasteiger charge is -2.15. The molecule has 0 unspecified atom stereocenters. The van der Waals surface area contributed by atoms with E-state index in [2.05, 4.69) is 10.2 Å². The van der Waals surface area contributed by atoms with Crippen LogP contribution in [0.25, 0.3) is 10.9 Å². The Hall–Kier alpha value is -3.12. The second-order valence-electron chi connectivity index (χ2n) is 7.35. The summed E-state index contributed by atoms with van der Waals surface area (Å²) >= 11 is 0. The maximum Gasteiger partial charge on any atom is 0.256 e. The number of amides is 1. The Labute approximate surface area is 169 Å². The Kier molecular flexibility index (Phi) is 5.62. The zero-order valence-electron chi connectivity index (χ0n) is 16.6. The van der Waals surface area contributed by atoms with Crippen LogP contribution in [0.4, 0.5) is 5.69 Å². The largest absolute Gasteiger partial charge is 0.492 e. The first kappa shape index (κ1) is 19.2. The van der Waals surface area contributed by atoms with Crippen molar-refractivity contribution < 1.29 is 9.53 Å². The highest BCUT2D eigenvalue weighted by Gasteiger charge is 2.14. The Morgan fingerprint density at radius 3 is 2.69 bits per heavy atom. The second-order valence-corrected chi connectivity index (χ2v) is 7.35. The summed E-state index contributed by atoms with van der Waals surface area (Å²) in [6.07, 6.45) is 2.53. The topological polar surface area (TPSA) is 63.6 Å². The van der Waals surface area contributed by atoms with Crippen LogP contribution in [-0.4, -0.2) is 41.6 Å². The number of aromatic nitrogens is 1. The maximum atomic E-state index is 12.9. The quantitative estimate of drug-likeness (QED) is 0.701. The monoisotopic (exact) mass is 391 g/mol. The number of carbonyl (C=O) groups excluding carboxylic acids is 1. The van der Waals surface area contributed by atoms with Gasteiger partial charge in [0.15, 0.2) is 0 Å². The van der Waals surface area contributed by atoms with Crippen molar-refractivity contribution in [3.05, 3.63) is 70.5 Å². The lowest BCUT2D eigenvalue weighted by Crippen LogP contribution is -2.25. The lowest BCUT2D eigenvalue weighted by atomic mass is 10.1. The van der Waals surface area contributed by atoms with E-state index < -0.39 is 0 Å². The molecule has 0 saturated carbocycles. The van der Waals surface area contributed by atoms with Gasteiger partial charge >= 0.3 is 0 Å². The average molecular weight is 391 g/mol. The summed E-state index contributed by atoms with van der Waals surface area (Å²) in [6, 6.07) is 16.1. The number of nitrogens with zero attached hydrogens (tertiary/aromatic N) is 2. The lowest BCUT2D eigenvalue weighted by molar-refractivity contribution is 0.102. The number of fused-ring (bicyclic) bond motifs is 1. The third kappa shape index (κ3) is 4.32. The van der Waals surface area contributed by atoms with Gasteiger partial charge in [0.1, 0.15) is 12.4 Å². The van der Waals surface area contributed by atoms with Crippen LogP contribution in [0.1, 0.15) is 23.2 Å². The van der Waals surface area contributed by atoms with E-state index >= 15 is 0 Å². The van der Waals surface area contributed by atoms with E-state index in [-0.39, 0.29) is 11.5 Å². The number of hydrogen-bond acceptors (Lipinski definition) is 4. The number of para-hydroxylation sites is 1. The number of anilines is 1. The predicted molar refractivity (Wildman–Crippen MR) is 115 cm³/mol. The summed E-state index contributed by atoms with van der Waals surface area (Å²) < 4.78 is 7.40. The number of rotatable bonds is 6. The van der Waals surface area contributed by atoms with Crippen LogP contribution in [0, 0.1) is 0 Å². The highest BCUT2D eigenvalue weighted by atomic mass is 16.5. The predicted octanol–water partition coefficient (Wildman–Crippen LogP) is 3.27. The molecule has 0 bridgehead atoms. The number of pyridine rings is 1. The van der Waals surface area contributed by atoms with Gasteiger partial charge in [-0.1, -0.05) is 24.3 Å². The fourth-order valence-electron chi connectivity index (χ4n) is 3.76. The molecule has 4 rings (SSSR count). The van der Waals surface area contributed by atoms with E-state index in [1.807, 2.05) is 48.5 Å². The second kappa shape index (κ2) is 8.49. The summed E-state index contributed by atoms with van der Waals surface area (Å²) in [5.41, 5.74) is 1.51. The van der Waals surface area contributed by atoms with Crippen molar-refractivity contribution in [2.45, 2.75) is 12.8 Å². The van der Waals surface area contributed by atoms with Crippen LogP contribution in [-0.2, 0) is 7.05 Å². The summed E-state index contributed by atoms with van der Waals surface area (Å²) in [7, 11) is 1.70. The van der Waals surface area contributed by atoms with Gasteiger partial charge in [0, 0.05) is 36.8 Å². The number of likely N-dealkylation sites (tertiary alicyclic amines) is 1. The van der Waals surface area contributed by atoms with Crippen molar-refractivity contribution in [2.75, 3.05) is 31.6 Å². The van der Waals surface area contributed by atoms with Crippen molar-refractivity contribution in [3.63, 3.8) is 0 Å². The van der Waals surface area contributed by atoms with E-state index in [0.717, 1.165) is 36.3 Å². The molecule has 0 spiro atoms. The number of hydrogen-bond donors (Lipinski definition) is 1. The van der Waals surface area contributed by atoms with Gasteiger partial charge in [-0.3, -0.25) is 14.5 Å². The molecule has 29 heavy (non-hydrogen) atoms. The van der Waals surface area contributed by atoms with Crippen molar-refractivity contribution in [1.82, 2.24) is 9.47 Å². The minimum Gasteiger partial charge on any atom is -0.492 e. The molecule has 150 valence electrons. The van der Waals surface area contributed by atoms with Gasteiger partial charge in [0.25, 0.3) is 11.5 Å². The zero-order chi connectivity index (χ0) is 20.2. The highest BCUT2D eigenvalue weighted by Crippen LogP contribution is 2.21. The van der Waals surface area contributed by atoms with Crippen LogP contribution in [0.2, 0.25) is 0 Å². The van der Waals surface area contributed by atoms with Crippen molar-refractivity contribution in [3.8, 4) is 5.75 Å². The molecule has 3 aromatic rings. The average Bonchev–Trinajstić information content (AvgIpc) is 3.24. The first-order valence-electron chi connectivity index (χ1n) is 9.97. The minimum absolute atomic E-state index is 0.215. The Balaban J connectivity index is 1.48. The number of aryl methyl sites for hydroxylation is 1. The van der Waals surface area contributed by atoms with E-state index in [0.29, 0.717) is 17.9 Å². The normalized spacial score (nSPS) is 14.2. The summed E-state index contributed by atoms with van der Waals surface area (Å²) in [6.45, 7) is 3.82. The van der Waals surface area contributed by atoms with Crippen LogP contribution < -0.4 is 15.6 Å². The Morgan fingerprint density at radius 1 is 1.07 bits per heavy atom. The van der Waals surface area contributed by atoms with Gasteiger partial charge in [0.2, 0.25) is 0 Å². The van der Waals surface area contributed by atoms with E-state index in [9.17, 15) is 9.59 Å². The molecule has 2 aromatic carbocycles. The van der Waals surface area contributed by atoms with Crippen LogP contribution >= 0.6 is 0 Å². The Bertz CT molecular complexity index is 1080. The van der Waals surface area contributed by atoms with Crippen LogP contribution in [0.5, 0.6) is 5.75 Å². The van der Waals surface area contributed by atoms with Gasteiger partial charge < -0.3 is 14.6 Å². The SMILES string of the molecule is Cn1c(=O)cc(C(=O)Nc2cccc(OCCN3CCCC3)c2)c2ccccc21. The maximum absolute atomic E-state index is 12.9. The number of benzene rings is 2. The molecule has 1 aromatic heterocycles. The Morgan fingerprint density at radius 2 is 1.86 bits per heavy atom. The molecule has 0 radical (unpaired) electrons. The fraction of sp³-hybridized carbons (Fsp3) is 0.304. The van der Waals surface area contributed by atoms with Gasteiger partial charge in [-0.15, -0.1) is 0 Å². The van der Waals surface area contributed by atoms with Crippen molar-refractivity contribution in [1.29, 1.82) is 0 Å². The molecule has 0 atom stereocenters. The molecule has 1 fully saturated rings. The highest BCUT2D eigenvalue weighted by molar-refractivity contribution is 6.12. The van der Waals surface area contributed by atoms with Crippen LogP contribution in [0.15, 0.2) is 59.4 Å².